The van der Waals surface area contributed by atoms with Crippen LogP contribution < -0.4 is 4.90 Å². The minimum atomic E-state index is -0.295. The van der Waals surface area contributed by atoms with Crippen molar-refractivity contribution < 1.29 is 4.39 Å². The normalized spacial score (nSPS) is 14.9. The Hall–Kier alpha value is -2.60. The van der Waals surface area contributed by atoms with E-state index >= 15 is 0 Å². The number of anilines is 1. The lowest BCUT2D eigenvalue weighted by atomic mass is 10.0. The Morgan fingerprint density at radius 2 is 1.64 bits per heavy atom. The van der Waals surface area contributed by atoms with Gasteiger partial charge in [0.25, 0.3) is 0 Å². The number of halogens is 1. The lowest BCUT2D eigenvalue weighted by Crippen LogP contribution is -2.17. The van der Waals surface area contributed by atoms with Crippen molar-refractivity contribution >= 4 is 17.3 Å². The van der Waals surface area contributed by atoms with Gasteiger partial charge >= 0.3 is 0 Å². The number of nitriles is 1. The highest BCUT2D eigenvalue weighted by atomic mass is 19.1. The number of hydrogen-bond donors (Lipinski definition) is 0. The second-order valence-corrected chi connectivity index (χ2v) is 5.46. The van der Waals surface area contributed by atoms with Crippen molar-refractivity contribution in [1.82, 2.24) is 0 Å². The standard InChI is InChI=1S/C19H17FN2/c20-18-7-5-16(6-8-18)17(14-21)13-15-3-9-19(10-4-15)22-11-1-2-12-22/h3-10,13H,1-2,11-12H2/b17-13-. The van der Waals surface area contributed by atoms with Crippen LogP contribution in [0, 0.1) is 17.1 Å². The first-order valence-electron chi connectivity index (χ1n) is 7.49. The summed E-state index contributed by atoms with van der Waals surface area (Å²) in [7, 11) is 0. The van der Waals surface area contributed by atoms with Gasteiger partial charge in [-0.2, -0.15) is 5.26 Å². The van der Waals surface area contributed by atoms with Crippen LogP contribution in [0.1, 0.15) is 24.0 Å². The third-order valence-electron chi connectivity index (χ3n) is 3.95. The third-order valence-corrected chi connectivity index (χ3v) is 3.95. The minimum Gasteiger partial charge on any atom is -0.372 e. The lowest BCUT2D eigenvalue weighted by Gasteiger charge is -2.17. The van der Waals surface area contributed by atoms with E-state index in [4.69, 9.17) is 0 Å². The predicted octanol–water partition coefficient (Wildman–Crippen LogP) is 4.49. The smallest absolute Gasteiger partial charge is 0.123 e. The van der Waals surface area contributed by atoms with Crippen molar-refractivity contribution in [2.45, 2.75) is 12.8 Å². The number of hydrogen-bond acceptors (Lipinski definition) is 2. The average molecular weight is 292 g/mol. The molecule has 1 fully saturated rings. The fourth-order valence-corrected chi connectivity index (χ4v) is 2.73. The van der Waals surface area contributed by atoms with Crippen LogP contribution in [0.3, 0.4) is 0 Å². The topological polar surface area (TPSA) is 27.0 Å². The van der Waals surface area contributed by atoms with Gasteiger partial charge in [0.2, 0.25) is 0 Å². The molecule has 0 saturated carbocycles. The molecule has 3 rings (SSSR count). The Bertz CT molecular complexity index is 703. The molecule has 3 heteroatoms. The molecular weight excluding hydrogens is 275 g/mol. The Morgan fingerprint density at radius 1 is 1.00 bits per heavy atom. The summed E-state index contributed by atoms with van der Waals surface area (Å²) >= 11 is 0. The Morgan fingerprint density at radius 3 is 2.23 bits per heavy atom. The maximum Gasteiger partial charge on any atom is 0.123 e. The second-order valence-electron chi connectivity index (χ2n) is 5.46. The zero-order chi connectivity index (χ0) is 15.4. The fourth-order valence-electron chi connectivity index (χ4n) is 2.73. The highest BCUT2D eigenvalue weighted by molar-refractivity contribution is 5.89. The molecule has 0 N–H and O–H groups in total. The van der Waals surface area contributed by atoms with Crippen molar-refractivity contribution in [3.63, 3.8) is 0 Å². The molecule has 2 aromatic carbocycles. The second kappa shape index (κ2) is 6.44. The van der Waals surface area contributed by atoms with Crippen LogP contribution in [0.25, 0.3) is 11.6 Å². The summed E-state index contributed by atoms with van der Waals surface area (Å²) in [5.41, 5.74) is 3.47. The van der Waals surface area contributed by atoms with E-state index in [2.05, 4.69) is 23.1 Å². The number of rotatable bonds is 3. The Kier molecular flexibility index (Phi) is 4.20. The molecule has 0 unspecified atom stereocenters. The highest BCUT2D eigenvalue weighted by Gasteiger charge is 2.11. The van der Waals surface area contributed by atoms with E-state index < -0.39 is 0 Å². The van der Waals surface area contributed by atoms with Crippen molar-refractivity contribution in [3.8, 4) is 6.07 Å². The van der Waals surface area contributed by atoms with Crippen LogP contribution in [0.4, 0.5) is 10.1 Å². The van der Waals surface area contributed by atoms with E-state index in [0.29, 0.717) is 5.57 Å². The molecule has 1 aliphatic heterocycles. The van der Waals surface area contributed by atoms with Gasteiger partial charge < -0.3 is 4.90 Å². The molecule has 0 atom stereocenters. The van der Waals surface area contributed by atoms with Gasteiger partial charge in [0.05, 0.1) is 11.6 Å². The molecule has 22 heavy (non-hydrogen) atoms. The van der Waals surface area contributed by atoms with Gasteiger partial charge in [-0.3, -0.25) is 0 Å². The molecule has 2 nitrogen and oxygen atoms in total. The molecule has 0 bridgehead atoms. The Balaban J connectivity index is 1.83. The highest BCUT2D eigenvalue weighted by Crippen LogP contribution is 2.23. The van der Waals surface area contributed by atoms with E-state index in [0.717, 1.165) is 24.2 Å². The van der Waals surface area contributed by atoms with Crippen LogP contribution in [0.5, 0.6) is 0 Å². The van der Waals surface area contributed by atoms with Gasteiger partial charge in [0, 0.05) is 18.8 Å². The summed E-state index contributed by atoms with van der Waals surface area (Å²) in [5, 5.41) is 9.32. The van der Waals surface area contributed by atoms with Crippen LogP contribution in [-0.2, 0) is 0 Å². The molecule has 1 heterocycles. The maximum atomic E-state index is 13.0. The van der Waals surface area contributed by atoms with Crippen molar-refractivity contribution in [1.29, 1.82) is 5.26 Å². The summed E-state index contributed by atoms with van der Waals surface area (Å²) in [6.07, 6.45) is 4.34. The largest absolute Gasteiger partial charge is 0.372 e. The van der Waals surface area contributed by atoms with E-state index in [-0.39, 0.29) is 5.82 Å². The summed E-state index contributed by atoms with van der Waals surface area (Å²) in [6.45, 7) is 2.24. The SMILES string of the molecule is N#C/C(=C/c1ccc(N2CCCC2)cc1)c1ccc(F)cc1. The van der Waals surface area contributed by atoms with E-state index in [1.54, 1.807) is 12.1 Å². The first-order valence-corrected chi connectivity index (χ1v) is 7.49. The Labute approximate surface area is 130 Å². The molecule has 110 valence electrons. The van der Waals surface area contributed by atoms with Crippen molar-refractivity contribution in [2.24, 2.45) is 0 Å². The molecule has 0 aliphatic carbocycles. The monoisotopic (exact) mass is 292 g/mol. The van der Waals surface area contributed by atoms with Gasteiger partial charge in [0.15, 0.2) is 0 Å². The molecular formula is C19H17FN2. The quantitative estimate of drug-likeness (QED) is 0.615. The molecule has 0 radical (unpaired) electrons. The van der Waals surface area contributed by atoms with Gasteiger partial charge in [0.1, 0.15) is 5.82 Å². The third kappa shape index (κ3) is 3.17. The first-order chi connectivity index (χ1) is 10.8. The average Bonchev–Trinajstić information content (AvgIpc) is 3.09. The van der Waals surface area contributed by atoms with E-state index in [1.807, 2.05) is 18.2 Å². The van der Waals surface area contributed by atoms with Gasteiger partial charge in [-0.15, -0.1) is 0 Å². The summed E-state index contributed by atoms with van der Waals surface area (Å²) in [5.74, 6) is -0.295. The number of allylic oxidation sites excluding steroid dienone is 1. The predicted molar refractivity (Wildman–Crippen MR) is 87.8 cm³/mol. The van der Waals surface area contributed by atoms with E-state index in [9.17, 15) is 9.65 Å². The molecule has 2 aromatic rings. The molecule has 0 aromatic heterocycles. The van der Waals surface area contributed by atoms with Crippen LogP contribution in [0.2, 0.25) is 0 Å². The van der Waals surface area contributed by atoms with Crippen LogP contribution in [-0.4, -0.2) is 13.1 Å². The van der Waals surface area contributed by atoms with Gasteiger partial charge in [-0.25, -0.2) is 4.39 Å². The van der Waals surface area contributed by atoms with Crippen molar-refractivity contribution in [2.75, 3.05) is 18.0 Å². The summed E-state index contributed by atoms with van der Waals surface area (Å²) in [6, 6.07) is 16.4. The fraction of sp³-hybridized carbons (Fsp3) is 0.211. The lowest BCUT2D eigenvalue weighted by molar-refractivity contribution is 0.627. The number of benzene rings is 2. The van der Waals surface area contributed by atoms with Crippen molar-refractivity contribution in [3.05, 3.63) is 65.5 Å². The van der Waals surface area contributed by atoms with Gasteiger partial charge in [-0.05, 0) is 54.3 Å². The minimum absolute atomic E-state index is 0.295. The molecule has 1 saturated heterocycles. The van der Waals surface area contributed by atoms with Gasteiger partial charge in [-0.1, -0.05) is 24.3 Å². The molecule has 1 aliphatic rings. The number of nitrogens with zero attached hydrogens (tertiary/aromatic N) is 2. The van der Waals surface area contributed by atoms with E-state index in [1.165, 1.54) is 30.7 Å². The van der Waals surface area contributed by atoms with Crippen LogP contribution >= 0.6 is 0 Å². The molecule has 0 amide bonds. The molecule has 0 spiro atoms. The zero-order valence-electron chi connectivity index (χ0n) is 12.3. The maximum absolute atomic E-state index is 13.0. The first kappa shape index (κ1) is 14.3. The zero-order valence-corrected chi connectivity index (χ0v) is 12.3. The van der Waals surface area contributed by atoms with Crippen LogP contribution in [0.15, 0.2) is 48.5 Å². The summed E-state index contributed by atoms with van der Waals surface area (Å²) < 4.78 is 13.0. The summed E-state index contributed by atoms with van der Waals surface area (Å²) in [4.78, 5) is 2.37.